The van der Waals surface area contributed by atoms with Gasteiger partial charge >= 0.3 is 0 Å². The van der Waals surface area contributed by atoms with Gasteiger partial charge in [0.2, 0.25) is 11.2 Å². The molecule has 2 heterocycles. The predicted octanol–water partition coefficient (Wildman–Crippen LogP) is 6.98. The summed E-state index contributed by atoms with van der Waals surface area (Å²) in [4.78, 5) is 4.99. The minimum absolute atomic E-state index is 0.690. The normalized spacial score (nSPS) is 14.5. The molecule has 1 aliphatic carbocycles. The smallest absolute Gasteiger partial charge is 0.222 e. The van der Waals surface area contributed by atoms with E-state index in [1.54, 1.807) is 0 Å². The average molecular weight is 408 g/mol. The van der Waals surface area contributed by atoms with Crippen LogP contribution < -0.4 is 4.57 Å². The standard InChI is InChI=1S/C29H31N2/c1-19-15-20(2)21(3)25(16-19)29-26(17-23-11-7-8-12-28(23)31(29)4)27-14-13-24(18-30-27)22-9-5-6-10-22/h7-8,11-18,22H,5-6,9-10H2,1-4H3/q+1. The van der Waals surface area contributed by atoms with Crippen molar-refractivity contribution >= 4 is 10.9 Å². The molecule has 0 atom stereocenters. The Balaban J connectivity index is 1.75. The maximum atomic E-state index is 4.99. The molecule has 2 heteroatoms. The van der Waals surface area contributed by atoms with Gasteiger partial charge in [-0.15, -0.1) is 0 Å². The first kappa shape index (κ1) is 19.9. The monoisotopic (exact) mass is 407 g/mol. The van der Waals surface area contributed by atoms with Gasteiger partial charge < -0.3 is 0 Å². The predicted molar refractivity (Wildman–Crippen MR) is 129 cm³/mol. The fourth-order valence-corrected chi connectivity index (χ4v) is 5.31. The van der Waals surface area contributed by atoms with E-state index in [-0.39, 0.29) is 0 Å². The highest BCUT2D eigenvalue weighted by Crippen LogP contribution is 2.37. The number of pyridine rings is 2. The first-order valence-electron chi connectivity index (χ1n) is 11.5. The number of hydrogen-bond donors (Lipinski definition) is 0. The number of fused-ring (bicyclic) bond motifs is 1. The molecule has 0 amide bonds. The second kappa shape index (κ2) is 7.92. The number of benzene rings is 2. The van der Waals surface area contributed by atoms with Crippen LogP contribution in [-0.2, 0) is 7.05 Å². The second-order valence-electron chi connectivity index (χ2n) is 9.24. The highest BCUT2D eigenvalue weighted by molar-refractivity contribution is 5.88. The van der Waals surface area contributed by atoms with Crippen molar-refractivity contribution in [3.63, 3.8) is 0 Å². The fourth-order valence-electron chi connectivity index (χ4n) is 5.31. The van der Waals surface area contributed by atoms with Crippen molar-refractivity contribution in [3.8, 4) is 22.5 Å². The summed E-state index contributed by atoms with van der Waals surface area (Å²) in [6, 6.07) is 20.1. The van der Waals surface area contributed by atoms with E-state index in [0.29, 0.717) is 5.92 Å². The maximum absolute atomic E-state index is 4.99. The summed E-state index contributed by atoms with van der Waals surface area (Å²) in [5.41, 5.74) is 11.4. The van der Waals surface area contributed by atoms with E-state index >= 15 is 0 Å². The van der Waals surface area contributed by atoms with E-state index in [4.69, 9.17) is 4.98 Å². The van der Waals surface area contributed by atoms with E-state index < -0.39 is 0 Å². The molecule has 0 unspecified atom stereocenters. The highest BCUT2D eigenvalue weighted by Gasteiger charge is 2.25. The van der Waals surface area contributed by atoms with Gasteiger partial charge in [0.1, 0.15) is 7.05 Å². The van der Waals surface area contributed by atoms with Crippen LogP contribution in [0.5, 0.6) is 0 Å². The summed E-state index contributed by atoms with van der Waals surface area (Å²) in [5, 5.41) is 1.24. The zero-order valence-corrected chi connectivity index (χ0v) is 19.1. The maximum Gasteiger partial charge on any atom is 0.222 e. The molecule has 2 aromatic carbocycles. The minimum atomic E-state index is 0.690. The third kappa shape index (κ3) is 3.54. The Hall–Kier alpha value is -3.00. The zero-order valence-electron chi connectivity index (χ0n) is 19.1. The molecule has 0 spiro atoms. The van der Waals surface area contributed by atoms with Gasteiger partial charge in [0.05, 0.1) is 16.8 Å². The van der Waals surface area contributed by atoms with Crippen LogP contribution >= 0.6 is 0 Å². The van der Waals surface area contributed by atoms with Gasteiger partial charge in [0.25, 0.3) is 0 Å². The molecule has 1 fully saturated rings. The quantitative estimate of drug-likeness (QED) is 0.335. The Morgan fingerprint density at radius 1 is 0.871 bits per heavy atom. The van der Waals surface area contributed by atoms with Gasteiger partial charge in [0.15, 0.2) is 0 Å². The van der Waals surface area contributed by atoms with Crippen LogP contribution in [0.2, 0.25) is 0 Å². The largest absolute Gasteiger partial charge is 0.256 e. The van der Waals surface area contributed by atoms with Crippen LogP contribution in [0.1, 0.15) is 53.9 Å². The molecular weight excluding hydrogens is 376 g/mol. The van der Waals surface area contributed by atoms with Crippen LogP contribution in [0, 0.1) is 20.8 Å². The molecule has 2 aromatic heterocycles. The van der Waals surface area contributed by atoms with E-state index in [2.05, 4.69) is 93.2 Å². The topological polar surface area (TPSA) is 16.8 Å². The Kier molecular flexibility index (Phi) is 5.09. The minimum Gasteiger partial charge on any atom is -0.256 e. The Bertz CT molecular complexity index is 1260. The van der Waals surface area contributed by atoms with Gasteiger partial charge in [-0.3, -0.25) is 4.98 Å². The summed E-state index contributed by atoms with van der Waals surface area (Å²) < 4.78 is 2.35. The summed E-state index contributed by atoms with van der Waals surface area (Å²) in [7, 11) is 2.19. The molecule has 0 saturated heterocycles. The summed E-state index contributed by atoms with van der Waals surface area (Å²) in [5.74, 6) is 0.690. The molecule has 1 saturated carbocycles. The first-order chi connectivity index (χ1) is 15.0. The fraction of sp³-hybridized carbons (Fsp3) is 0.310. The van der Waals surface area contributed by atoms with Crippen LogP contribution in [0.25, 0.3) is 33.4 Å². The van der Waals surface area contributed by atoms with Crippen molar-refractivity contribution in [3.05, 3.63) is 83.0 Å². The molecular formula is C29H31N2+. The lowest BCUT2D eigenvalue weighted by atomic mass is 9.92. The molecule has 4 aromatic rings. The second-order valence-corrected chi connectivity index (χ2v) is 9.24. The van der Waals surface area contributed by atoms with Crippen molar-refractivity contribution in [2.45, 2.75) is 52.4 Å². The lowest BCUT2D eigenvalue weighted by Crippen LogP contribution is -2.33. The Morgan fingerprint density at radius 2 is 1.65 bits per heavy atom. The molecule has 0 bridgehead atoms. The molecule has 5 rings (SSSR count). The SMILES string of the molecule is Cc1cc(C)c(C)c(-c2c(-c3ccc(C4CCCC4)cn3)cc3ccccc3[n+]2C)c1. The lowest BCUT2D eigenvalue weighted by molar-refractivity contribution is -0.633. The van der Waals surface area contributed by atoms with Crippen molar-refractivity contribution in [1.82, 2.24) is 4.98 Å². The lowest BCUT2D eigenvalue weighted by Gasteiger charge is -2.15. The van der Waals surface area contributed by atoms with Gasteiger partial charge in [-0.2, -0.15) is 4.57 Å². The van der Waals surface area contributed by atoms with Crippen molar-refractivity contribution in [1.29, 1.82) is 0 Å². The number of rotatable bonds is 3. The molecule has 0 radical (unpaired) electrons. The summed E-state index contributed by atoms with van der Waals surface area (Å²) in [6.45, 7) is 6.63. The van der Waals surface area contributed by atoms with Crippen molar-refractivity contribution in [2.24, 2.45) is 7.05 Å². The third-order valence-corrected chi connectivity index (χ3v) is 7.14. The molecule has 0 N–H and O–H groups in total. The summed E-state index contributed by atoms with van der Waals surface area (Å²) >= 11 is 0. The van der Waals surface area contributed by atoms with Gasteiger partial charge in [0, 0.05) is 17.6 Å². The molecule has 156 valence electrons. The zero-order chi connectivity index (χ0) is 21.5. The molecule has 1 aliphatic rings. The molecule has 31 heavy (non-hydrogen) atoms. The Labute approximate surface area is 185 Å². The molecule has 2 nitrogen and oxygen atoms in total. The van der Waals surface area contributed by atoms with Crippen molar-refractivity contribution < 1.29 is 4.57 Å². The van der Waals surface area contributed by atoms with E-state index in [1.807, 2.05) is 0 Å². The van der Waals surface area contributed by atoms with Gasteiger partial charge in [-0.1, -0.05) is 42.7 Å². The summed E-state index contributed by atoms with van der Waals surface area (Å²) in [6.07, 6.45) is 7.43. The van der Waals surface area contributed by atoms with Crippen LogP contribution in [0.4, 0.5) is 0 Å². The van der Waals surface area contributed by atoms with Gasteiger partial charge in [-0.05, 0) is 80.5 Å². The highest BCUT2D eigenvalue weighted by atomic mass is 14.9. The number of aromatic nitrogens is 2. The van der Waals surface area contributed by atoms with E-state index in [9.17, 15) is 0 Å². The first-order valence-corrected chi connectivity index (χ1v) is 11.5. The molecule has 0 aliphatic heterocycles. The number of aryl methyl sites for hydroxylation is 3. The Morgan fingerprint density at radius 3 is 2.39 bits per heavy atom. The number of hydrogen-bond acceptors (Lipinski definition) is 1. The number of para-hydroxylation sites is 1. The van der Waals surface area contributed by atoms with Crippen LogP contribution in [0.15, 0.2) is 60.8 Å². The average Bonchev–Trinajstić information content (AvgIpc) is 3.32. The van der Waals surface area contributed by atoms with E-state index in [1.165, 1.54) is 75.7 Å². The van der Waals surface area contributed by atoms with Gasteiger partial charge in [-0.25, -0.2) is 0 Å². The van der Waals surface area contributed by atoms with Crippen LogP contribution in [0.3, 0.4) is 0 Å². The van der Waals surface area contributed by atoms with E-state index in [0.717, 1.165) is 5.69 Å². The van der Waals surface area contributed by atoms with Crippen LogP contribution in [-0.4, -0.2) is 4.98 Å². The van der Waals surface area contributed by atoms with Crippen molar-refractivity contribution in [2.75, 3.05) is 0 Å². The number of nitrogens with zero attached hydrogens (tertiary/aromatic N) is 2. The third-order valence-electron chi connectivity index (χ3n) is 7.14.